The van der Waals surface area contributed by atoms with E-state index in [1.807, 2.05) is 0 Å². The van der Waals surface area contributed by atoms with E-state index in [0.717, 1.165) is 0 Å². The molecule has 25 heteroatoms. The highest BCUT2D eigenvalue weighted by Gasteiger charge is 2.33. The summed E-state index contributed by atoms with van der Waals surface area (Å²) >= 11 is 0. The Morgan fingerprint density at radius 2 is 0.961 bits per heavy atom. The molecule has 0 saturated heterocycles. The molecule has 3 aromatic carbocycles. The van der Waals surface area contributed by atoms with Crippen LogP contribution < -0.4 is 48.3 Å². The molecule has 4 rings (SSSR count). The number of aromatic amines is 1. The first-order valence-corrected chi connectivity index (χ1v) is 24.6. The number of nitrogens with one attached hydrogen (secondary N) is 9. The number of fused-ring (bicyclic) bond motifs is 1. The van der Waals surface area contributed by atoms with Crippen molar-refractivity contribution in [3.8, 4) is 5.75 Å². The number of phenols is 1. The van der Waals surface area contributed by atoms with E-state index in [1.54, 1.807) is 86.8 Å². The van der Waals surface area contributed by atoms with Gasteiger partial charge in [-0.05, 0) is 67.0 Å². The van der Waals surface area contributed by atoms with E-state index >= 15 is 0 Å². The zero-order valence-corrected chi connectivity index (χ0v) is 42.6. The van der Waals surface area contributed by atoms with Crippen LogP contribution in [0.3, 0.4) is 0 Å². The number of aromatic nitrogens is 1. The van der Waals surface area contributed by atoms with E-state index in [0.29, 0.717) is 27.6 Å². The second-order valence-corrected chi connectivity index (χ2v) is 18.7. The molecule has 0 aliphatic heterocycles. The fraction of sp³-hybridized carbons (Fsp3) is 0.404. The highest BCUT2D eigenvalue weighted by atomic mass is 16.4. The number of para-hydroxylation sites is 1. The number of aliphatic carboxylic acids is 3. The van der Waals surface area contributed by atoms with Crippen LogP contribution in [0.5, 0.6) is 5.75 Å². The van der Waals surface area contributed by atoms with E-state index in [9.17, 15) is 68.1 Å². The number of carbonyl (C=O) groups is 11. The smallest absolute Gasteiger partial charge is 0.326 e. The molecule has 1 aromatic heterocycles. The van der Waals surface area contributed by atoms with Gasteiger partial charge in [0.15, 0.2) is 0 Å². The van der Waals surface area contributed by atoms with Crippen molar-refractivity contribution in [2.75, 3.05) is 13.1 Å². The summed E-state index contributed by atoms with van der Waals surface area (Å²) in [4.78, 5) is 146. The number of benzene rings is 3. The van der Waals surface area contributed by atoms with Crippen molar-refractivity contribution in [1.29, 1.82) is 0 Å². The van der Waals surface area contributed by atoms with Crippen molar-refractivity contribution in [1.82, 2.24) is 47.5 Å². The zero-order valence-electron chi connectivity index (χ0n) is 42.6. The molecule has 7 atom stereocenters. The molecule has 0 bridgehead atoms. The predicted molar refractivity (Wildman–Crippen MR) is 276 cm³/mol. The average Bonchev–Trinajstić information content (AvgIpc) is 3.79. The Morgan fingerprint density at radius 1 is 0.506 bits per heavy atom. The molecule has 0 radical (unpaired) electrons. The minimum Gasteiger partial charge on any atom is -0.508 e. The lowest BCUT2D eigenvalue weighted by Gasteiger charge is -2.26. The third kappa shape index (κ3) is 20.8. The lowest BCUT2D eigenvalue weighted by molar-refractivity contribution is -0.144. The van der Waals surface area contributed by atoms with Gasteiger partial charge in [0.05, 0.1) is 19.1 Å². The third-order valence-corrected chi connectivity index (χ3v) is 11.8. The molecule has 0 fully saturated rings. The summed E-state index contributed by atoms with van der Waals surface area (Å²) in [6.45, 7) is 3.51. The topological polar surface area (TPSA) is 407 Å². The van der Waals surface area contributed by atoms with Crippen molar-refractivity contribution >= 4 is 76.1 Å². The molecule has 0 aliphatic carbocycles. The first-order chi connectivity index (χ1) is 36.5. The molecule has 4 aromatic rings. The van der Waals surface area contributed by atoms with Gasteiger partial charge in [-0.2, -0.15) is 0 Å². The first kappa shape index (κ1) is 60.7. The van der Waals surface area contributed by atoms with Gasteiger partial charge in [0.2, 0.25) is 47.3 Å². The molecule has 1 heterocycles. The van der Waals surface area contributed by atoms with Gasteiger partial charge < -0.3 is 73.7 Å². The zero-order chi connectivity index (χ0) is 56.8. The molecule has 0 unspecified atom stereocenters. The number of amides is 8. The second-order valence-electron chi connectivity index (χ2n) is 18.7. The van der Waals surface area contributed by atoms with Crippen molar-refractivity contribution < 1.29 is 73.2 Å². The number of carbonyl (C=O) groups excluding carboxylic acids is 8. The van der Waals surface area contributed by atoms with Gasteiger partial charge >= 0.3 is 17.9 Å². The van der Waals surface area contributed by atoms with E-state index in [-0.39, 0.29) is 37.4 Å². The highest BCUT2D eigenvalue weighted by Crippen LogP contribution is 2.20. The predicted octanol–water partition coefficient (Wildman–Crippen LogP) is -0.750. The lowest BCUT2D eigenvalue weighted by atomic mass is 9.99. The number of H-pyrrole nitrogens is 1. The third-order valence-electron chi connectivity index (χ3n) is 11.8. The maximum atomic E-state index is 14.4. The van der Waals surface area contributed by atoms with Crippen LogP contribution >= 0.6 is 0 Å². The van der Waals surface area contributed by atoms with Crippen LogP contribution in [0.2, 0.25) is 0 Å². The maximum Gasteiger partial charge on any atom is 0.326 e. The monoisotopic (exact) mass is 1070 g/mol. The number of nitrogens with two attached hydrogens (primary N) is 1. The standard InChI is InChI=1S/C52H66N10O15/c1-28(2)21-38(61-51(75)40(22-30-9-5-4-6-10-30)58-43(65)27-55-47(71)39(60-46(70)29(3)53)23-31-13-15-33(63)16-14-31)50(74)62-41(24-32-25-54-35-12-8-7-11-34(32)35)48(72)56-26-42(64)57-36(17-19-44(66)67)49(73)59-37(52(76)77)18-20-45(68)69/h4-16,25,28-29,36-41,54,63H,17-24,26-27,53H2,1-3H3,(H,55,71)(H,56,72)(H,57,64)(H,58,65)(H,59,73)(H,60,70)(H,61,75)(H,62,74)(H,66,67)(H,68,69)(H,76,77)/t29-,36+,37+,38+,39+,40+,41+/m1/s1. The maximum absolute atomic E-state index is 14.4. The molecule has 8 amide bonds. The summed E-state index contributed by atoms with van der Waals surface area (Å²) in [5, 5.41) is 58.1. The van der Waals surface area contributed by atoms with Gasteiger partial charge in [-0.3, -0.25) is 47.9 Å². The van der Waals surface area contributed by atoms with Crippen LogP contribution in [0.25, 0.3) is 10.9 Å². The SMILES string of the molecule is CC(C)C[C@H](NC(=O)[C@H](Cc1ccccc1)NC(=O)CNC(=O)[C@H](Cc1ccc(O)cc1)NC(=O)[C@@H](C)N)C(=O)N[C@@H](Cc1c[nH]c2ccccc12)C(=O)NCC(=O)N[C@@H](CCC(=O)O)C(=O)N[C@@H](CCC(=O)O)C(=O)O. The number of carboxylic acids is 3. The first-order valence-electron chi connectivity index (χ1n) is 24.6. The lowest BCUT2D eigenvalue weighted by Crippen LogP contribution is -2.59. The fourth-order valence-electron chi connectivity index (χ4n) is 7.82. The quantitative estimate of drug-likeness (QED) is 0.0295. The Bertz CT molecular complexity index is 2730. The summed E-state index contributed by atoms with van der Waals surface area (Å²) in [5.41, 5.74) is 8.18. The molecule has 0 spiro atoms. The van der Waals surface area contributed by atoms with Gasteiger partial charge in [-0.15, -0.1) is 0 Å². The molecular weight excluding hydrogens is 1000 g/mol. The Kier molecular flexibility index (Phi) is 23.5. The van der Waals surface area contributed by atoms with E-state index < -0.39 is 146 Å². The summed E-state index contributed by atoms with van der Waals surface area (Å²) in [6, 6.07) is 12.0. The number of rotatable bonds is 31. The van der Waals surface area contributed by atoms with Gasteiger partial charge in [0, 0.05) is 49.2 Å². The molecule has 414 valence electrons. The number of hydrogen-bond donors (Lipinski definition) is 14. The Labute approximate surface area is 442 Å². The second kappa shape index (κ2) is 29.9. The van der Waals surface area contributed by atoms with Crippen LogP contribution in [0.4, 0.5) is 0 Å². The number of aromatic hydroxyl groups is 1. The van der Waals surface area contributed by atoms with Crippen molar-refractivity contribution in [3.63, 3.8) is 0 Å². The van der Waals surface area contributed by atoms with E-state index in [1.165, 1.54) is 19.1 Å². The van der Waals surface area contributed by atoms with Crippen molar-refractivity contribution in [2.45, 2.75) is 114 Å². The van der Waals surface area contributed by atoms with Crippen LogP contribution in [0.15, 0.2) is 85.1 Å². The molecule has 0 saturated carbocycles. The number of phenolic OH excluding ortho intramolecular Hbond substituents is 1. The Balaban J connectivity index is 1.53. The number of carboxylic acid groups (broad SMARTS) is 3. The molecular formula is C52H66N10O15. The molecule has 77 heavy (non-hydrogen) atoms. The average molecular weight is 1070 g/mol. The molecule has 0 aliphatic rings. The summed E-state index contributed by atoms with van der Waals surface area (Å²) in [5.74, 6) is -11.4. The Hall–Kier alpha value is -8.87. The van der Waals surface area contributed by atoms with Crippen molar-refractivity contribution in [2.24, 2.45) is 11.7 Å². The fourth-order valence-corrected chi connectivity index (χ4v) is 7.82. The van der Waals surface area contributed by atoms with Gasteiger partial charge in [-0.1, -0.05) is 74.5 Å². The van der Waals surface area contributed by atoms with Gasteiger partial charge in [0.25, 0.3) is 0 Å². The normalized spacial score (nSPS) is 13.7. The van der Waals surface area contributed by atoms with Gasteiger partial charge in [0.1, 0.15) is 42.0 Å². The minimum absolute atomic E-state index is 0.0184. The largest absolute Gasteiger partial charge is 0.508 e. The van der Waals surface area contributed by atoms with E-state index in [2.05, 4.69) is 47.5 Å². The van der Waals surface area contributed by atoms with Crippen LogP contribution in [0.1, 0.15) is 69.6 Å². The van der Waals surface area contributed by atoms with Crippen LogP contribution in [-0.2, 0) is 72.0 Å². The summed E-state index contributed by atoms with van der Waals surface area (Å²) < 4.78 is 0. The van der Waals surface area contributed by atoms with Crippen molar-refractivity contribution in [3.05, 3.63) is 102 Å². The van der Waals surface area contributed by atoms with Crippen LogP contribution in [-0.4, -0.2) is 146 Å². The number of hydrogen-bond acceptors (Lipinski definition) is 13. The summed E-state index contributed by atoms with van der Waals surface area (Å²) in [6.07, 6.45) is -0.929. The molecule has 15 N–H and O–H groups in total. The van der Waals surface area contributed by atoms with Gasteiger partial charge in [-0.25, -0.2) is 4.79 Å². The van der Waals surface area contributed by atoms with Crippen LogP contribution in [0, 0.1) is 5.92 Å². The highest BCUT2D eigenvalue weighted by molar-refractivity contribution is 5.97. The summed E-state index contributed by atoms with van der Waals surface area (Å²) in [7, 11) is 0. The molecule has 25 nitrogen and oxygen atoms in total. The van der Waals surface area contributed by atoms with E-state index in [4.69, 9.17) is 10.8 Å². The minimum atomic E-state index is -1.69. The Morgan fingerprint density at radius 3 is 1.52 bits per heavy atom.